The van der Waals surface area contributed by atoms with Crippen LogP contribution in [0.15, 0.2) is 36.4 Å². The lowest BCUT2D eigenvalue weighted by atomic mass is 10.0. The van der Waals surface area contributed by atoms with E-state index in [9.17, 15) is 0 Å². The highest BCUT2D eigenvalue weighted by Crippen LogP contribution is 2.37. The van der Waals surface area contributed by atoms with Gasteiger partial charge in [-0.2, -0.15) is 0 Å². The van der Waals surface area contributed by atoms with Gasteiger partial charge in [-0.3, -0.25) is 0 Å². The van der Waals surface area contributed by atoms with Gasteiger partial charge >= 0.3 is 0 Å². The van der Waals surface area contributed by atoms with E-state index in [2.05, 4.69) is 0 Å². The minimum absolute atomic E-state index is 0.806. The van der Waals surface area contributed by atoms with Gasteiger partial charge in [0, 0.05) is 11.1 Å². The van der Waals surface area contributed by atoms with Crippen LogP contribution >= 0.6 is 0 Å². The fourth-order valence-electron chi connectivity index (χ4n) is 2.12. The number of ether oxygens (including phenoxy) is 3. The highest BCUT2D eigenvalue weighted by atomic mass is 16.5. The molecule has 2 aromatic carbocycles. The summed E-state index contributed by atoms with van der Waals surface area (Å²) < 4.78 is 16.2. The van der Waals surface area contributed by atoms with Gasteiger partial charge < -0.3 is 14.2 Å². The van der Waals surface area contributed by atoms with Crippen LogP contribution in [-0.2, 0) is 0 Å². The molecule has 19 heavy (non-hydrogen) atoms. The van der Waals surface area contributed by atoms with E-state index in [1.165, 1.54) is 0 Å². The Morgan fingerprint density at radius 2 is 1.26 bits per heavy atom. The predicted molar refractivity (Wildman–Crippen MR) is 76.3 cm³/mol. The quantitative estimate of drug-likeness (QED) is 0.837. The summed E-state index contributed by atoms with van der Waals surface area (Å²) >= 11 is 0. The lowest BCUT2D eigenvalue weighted by Crippen LogP contribution is -1.94. The molecule has 3 heteroatoms. The summed E-state index contributed by atoms with van der Waals surface area (Å²) in [6.07, 6.45) is 0. The van der Waals surface area contributed by atoms with Crippen molar-refractivity contribution in [2.75, 3.05) is 21.3 Å². The summed E-state index contributed by atoms with van der Waals surface area (Å²) in [5.41, 5.74) is 3.02. The topological polar surface area (TPSA) is 27.7 Å². The summed E-state index contributed by atoms with van der Waals surface area (Å²) in [4.78, 5) is 0. The maximum Gasteiger partial charge on any atom is 0.126 e. The molecule has 0 spiro atoms. The van der Waals surface area contributed by atoms with Crippen molar-refractivity contribution < 1.29 is 14.2 Å². The number of methoxy groups -OCH3 is 3. The number of para-hydroxylation sites is 1. The first-order chi connectivity index (χ1) is 9.21. The summed E-state index contributed by atoms with van der Waals surface area (Å²) in [5.74, 6) is 2.44. The third-order valence-electron chi connectivity index (χ3n) is 3.17. The molecule has 0 unspecified atom stereocenters. The van der Waals surface area contributed by atoms with Crippen molar-refractivity contribution in [3.63, 3.8) is 0 Å². The average Bonchev–Trinajstić information content (AvgIpc) is 2.47. The summed E-state index contributed by atoms with van der Waals surface area (Å²) in [5, 5.41) is 0. The van der Waals surface area contributed by atoms with Crippen molar-refractivity contribution in [2.45, 2.75) is 6.92 Å². The fourth-order valence-corrected chi connectivity index (χ4v) is 2.12. The Bertz CT molecular complexity index is 551. The predicted octanol–water partition coefficient (Wildman–Crippen LogP) is 3.69. The summed E-state index contributed by atoms with van der Waals surface area (Å²) in [7, 11) is 4.99. The molecule has 0 aliphatic rings. The summed E-state index contributed by atoms with van der Waals surface area (Å²) in [6.45, 7) is 1.98. The van der Waals surface area contributed by atoms with Crippen molar-refractivity contribution in [1.29, 1.82) is 0 Å². The molecule has 0 bridgehead atoms. The van der Waals surface area contributed by atoms with Crippen molar-refractivity contribution in [3.8, 4) is 28.4 Å². The van der Waals surface area contributed by atoms with E-state index in [4.69, 9.17) is 14.2 Å². The molecule has 0 radical (unpaired) electrons. The largest absolute Gasteiger partial charge is 0.496 e. The average molecular weight is 258 g/mol. The molecule has 0 fully saturated rings. The van der Waals surface area contributed by atoms with Gasteiger partial charge in [0.25, 0.3) is 0 Å². The molecule has 2 aromatic rings. The van der Waals surface area contributed by atoms with Gasteiger partial charge in [0.15, 0.2) is 0 Å². The van der Waals surface area contributed by atoms with Crippen LogP contribution in [0.2, 0.25) is 0 Å². The van der Waals surface area contributed by atoms with Gasteiger partial charge in [0.1, 0.15) is 17.2 Å². The Kier molecular flexibility index (Phi) is 3.95. The zero-order chi connectivity index (χ0) is 13.8. The SMILES string of the molecule is COc1ccccc1-c1cc(OC)c(C)c(OC)c1. The lowest BCUT2D eigenvalue weighted by molar-refractivity contribution is 0.389. The monoisotopic (exact) mass is 258 g/mol. The molecule has 0 amide bonds. The van der Waals surface area contributed by atoms with E-state index in [1.807, 2.05) is 43.3 Å². The van der Waals surface area contributed by atoms with Gasteiger partial charge in [0.2, 0.25) is 0 Å². The molecular formula is C16H18O3. The zero-order valence-electron chi connectivity index (χ0n) is 11.7. The van der Waals surface area contributed by atoms with E-state index in [-0.39, 0.29) is 0 Å². The molecule has 2 rings (SSSR count). The molecule has 0 aromatic heterocycles. The molecule has 0 saturated heterocycles. The van der Waals surface area contributed by atoms with Crippen molar-refractivity contribution >= 4 is 0 Å². The number of benzene rings is 2. The van der Waals surface area contributed by atoms with Crippen LogP contribution in [0.25, 0.3) is 11.1 Å². The van der Waals surface area contributed by atoms with E-state index in [1.54, 1.807) is 21.3 Å². The van der Waals surface area contributed by atoms with E-state index in [0.717, 1.165) is 33.9 Å². The molecule has 100 valence electrons. The minimum atomic E-state index is 0.806. The summed E-state index contributed by atoms with van der Waals surface area (Å²) in [6, 6.07) is 11.9. The fraction of sp³-hybridized carbons (Fsp3) is 0.250. The first-order valence-corrected chi connectivity index (χ1v) is 6.07. The molecule has 0 aliphatic heterocycles. The van der Waals surface area contributed by atoms with Gasteiger partial charge in [0.05, 0.1) is 21.3 Å². The smallest absolute Gasteiger partial charge is 0.126 e. The van der Waals surface area contributed by atoms with Crippen LogP contribution in [0.5, 0.6) is 17.2 Å². The third-order valence-corrected chi connectivity index (χ3v) is 3.17. The highest BCUT2D eigenvalue weighted by Gasteiger charge is 2.12. The Hall–Kier alpha value is -2.16. The van der Waals surface area contributed by atoms with E-state index >= 15 is 0 Å². The molecule has 0 aliphatic carbocycles. The second kappa shape index (κ2) is 5.65. The molecular weight excluding hydrogens is 240 g/mol. The van der Waals surface area contributed by atoms with E-state index < -0.39 is 0 Å². The number of hydrogen-bond donors (Lipinski definition) is 0. The number of rotatable bonds is 4. The normalized spacial score (nSPS) is 10.1. The third kappa shape index (κ3) is 2.50. The highest BCUT2D eigenvalue weighted by molar-refractivity contribution is 5.74. The molecule has 3 nitrogen and oxygen atoms in total. The van der Waals surface area contributed by atoms with Crippen LogP contribution in [0.1, 0.15) is 5.56 Å². The van der Waals surface area contributed by atoms with E-state index in [0.29, 0.717) is 0 Å². The van der Waals surface area contributed by atoms with Gasteiger partial charge in [-0.25, -0.2) is 0 Å². The van der Waals surface area contributed by atoms with Crippen LogP contribution in [0.3, 0.4) is 0 Å². The number of hydrogen-bond acceptors (Lipinski definition) is 3. The van der Waals surface area contributed by atoms with Crippen molar-refractivity contribution in [3.05, 3.63) is 42.0 Å². The standard InChI is InChI=1S/C16H18O3/c1-11-15(18-3)9-12(10-16(11)19-4)13-7-5-6-8-14(13)17-2/h5-10H,1-4H3. The van der Waals surface area contributed by atoms with Crippen molar-refractivity contribution in [1.82, 2.24) is 0 Å². The first-order valence-electron chi connectivity index (χ1n) is 6.07. The van der Waals surface area contributed by atoms with Crippen LogP contribution in [0.4, 0.5) is 0 Å². The Morgan fingerprint density at radius 1 is 0.737 bits per heavy atom. The Balaban J connectivity index is 2.62. The molecule has 0 heterocycles. The van der Waals surface area contributed by atoms with Gasteiger partial charge in [-0.15, -0.1) is 0 Å². The first kappa shape index (κ1) is 13.3. The zero-order valence-corrected chi connectivity index (χ0v) is 11.7. The van der Waals surface area contributed by atoms with Crippen molar-refractivity contribution in [2.24, 2.45) is 0 Å². The second-order valence-electron chi connectivity index (χ2n) is 4.21. The lowest BCUT2D eigenvalue weighted by Gasteiger charge is -2.14. The van der Waals surface area contributed by atoms with Crippen LogP contribution in [-0.4, -0.2) is 21.3 Å². The Morgan fingerprint density at radius 3 is 1.79 bits per heavy atom. The minimum Gasteiger partial charge on any atom is -0.496 e. The second-order valence-corrected chi connectivity index (χ2v) is 4.21. The van der Waals surface area contributed by atoms with Crippen LogP contribution in [0, 0.1) is 6.92 Å². The van der Waals surface area contributed by atoms with Gasteiger partial charge in [-0.05, 0) is 30.7 Å². The maximum absolute atomic E-state index is 5.40. The van der Waals surface area contributed by atoms with Gasteiger partial charge in [-0.1, -0.05) is 18.2 Å². The molecule has 0 atom stereocenters. The molecule has 0 saturated carbocycles. The maximum atomic E-state index is 5.40. The Labute approximate surface area is 113 Å². The van der Waals surface area contributed by atoms with Crippen LogP contribution < -0.4 is 14.2 Å². The molecule has 0 N–H and O–H groups in total.